The molecule has 4 aromatic heterocycles. The quantitative estimate of drug-likeness (QED) is 0.0595. The number of hydrogen-bond donors (Lipinski definition) is 4. The van der Waals surface area contributed by atoms with Crippen LogP contribution in [0.3, 0.4) is 0 Å². The SMILES string of the molecule is [C-]#[N+]c1nn(-c2c(Cl)cc(C(F)(F)F)cc2Cl)c(N)c1S(=O)(=O)c1c(C#N)nn(-c2c(Cl)cc(C(F)(F)F)cc2Cl)c1N.[C-]#[N+]c1nn(-c2c(Cl)cc(C(F)(F)F)cc2Cl)c(N)c1SSc1c(C#N)nn(-c2c(Cl)cc(C(F)(F)F)cc2Cl)c1N. The van der Waals surface area contributed by atoms with Crippen LogP contribution in [-0.2, 0) is 34.5 Å². The average Bonchev–Trinajstić information content (AvgIpc) is 1.83. The molecule has 85 heavy (non-hydrogen) atoms. The first-order chi connectivity index (χ1) is 39.2. The van der Waals surface area contributed by atoms with E-state index in [-0.39, 0.29) is 44.3 Å². The Bertz CT molecular complexity index is 4040. The minimum Gasteiger partial charge on any atom is -0.383 e. The van der Waals surface area contributed by atoms with E-state index in [9.17, 15) is 71.6 Å². The van der Waals surface area contributed by atoms with Crippen molar-refractivity contribution in [3.05, 3.63) is 145 Å². The van der Waals surface area contributed by atoms with E-state index >= 15 is 0 Å². The zero-order chi connectivity index (χ0) is 63.7. The summed E-state index contributed by atoms with van der Waals surface area (Å²) in [7, 11) is -3.60. The van der Waals surface area contributed by atoms with E-state index in [1.807, 2.05) is 0 Å². The van der Waals surface area contributed by atoms with E-state index in [4.69, 9.17) is 129 Å². The number of alkyl halides is 12. The van der Waals surface area contributed by atoms with Gasteiger partial charge in [0.25, 0.3) is 0 Å². The Morgan fingerprint density at radius 1 is 0.435 bits per heavy atom. The third-order valence-corrected chi connectivity index (χ3v) is 17.5. The molecule has 0 fully saturated rings. The standard InChI is InChI=1S/C22H8Cl4F6N8O2S.C22H8Cl4F6N8S2/c1-36-20-17(19(35)40(38-20)15-11(25)4-8(5-12(15)26)22(30,31)32)43(41,42)16-13(6-33)37-39(18(16)34)14-9(23)2-7(3-10(14)24)21(27,28)29;1-36-20-17(19(35)40(38-20)15-11(25)4-8(5-12(15)26)22(30,31)32)42-41-16-13(6-33)37-39(18(16)34)14-9(23)2-7(3-10(14)24)21(27,28)29/h2-5H,34-35H2;2-5H,34-35H2. The lowest BCUT2D eigenvalue weighted by Gasteiger charge is -2.13. The highest BCUT2D eigenvalue weighted by molar-refractivity contribution is 8.76. The molecule has 0 spiro atoms. The highest BCUT2D eigenvalue weighted by Gasteiger charge is 2.41. The highest BCUT2D eigenvalue weighted by Crippen LogP contribution is 2.51. The largest absolute Gasteiger partial charge is 0.416 e. The van der Waals surface area contributed by atoms with Gasteiger partial charge in [-0.2, -0.15) is 73.4 Å². The molecule has 18 nitrogen and oxygen atoms in total. The van der Waals surface area contributed by atoms with Gasteiger partial charge >= 0.3 is 36.3 Å². The van der Waals surface area contributed by atoms with Crippen molar-refractivity contribution in [2.45, 2.75) is 44.3 Å². The molecule has 0 unspecified atom stereocenters. The van der Waals surface area contributed by atoms with E-state index in [0.29, 0.717) is 57.9 Å². The Kier molecular flexibility index (Phi) is 18.3. The number of sulfone groups is 1. The number of anilines is 4. The predicted octanol–water partition coefficient (Wildman–Crippen LogP) is 16.2. The third kappa shape index (κ3) is 12.5. The van der Waals surface area contributed by atoms with Crippen molar-refractivity contribution in [1.82, 2.24) is 39.1 Å². The molecule has 0 aliphatic rings. The first-order valence-electron chi connectivity index (χ1n) is 21.2. The van der Waals surface area contributed by atoms with Crippen LogP contribution in [0.25, 0.3) is 32.4 Å². The average molecular weight is 1410 g/mol. The fourth-order valence-corrected chi connectivity index (χ4v) is 13.7. The Labute approximate surface area is 513 Å². The molecule has 0 saturated heterocycles. The van der Waals surface area contributed by atoms with Gasteiger partial charge in [0.05, 0.1) is 72.2 Å². The fourth-order valence-electron chi connectivity index (χ4n) is 7.21. The van der Waals surface area contributed by atoms with Gasteiger partial charge in [0.1, 0.15) is 51.4 Å². The summed E-state index contributed by atoms with van der Waals surface area (Å²) < 4.78 is 188. The molecular formula is C44H16Cl8F12N16O2S3. The molecule has 0 saturated carbocycles. The summed E-state index contributed by atoms with van der Waals surface area (Å²) in [6.07, 6.45) is -19.2. The molecule has 0 aliphatic carbocycles. The van der Waals surface area contributed by atoms with Gasteiger partial charge in [-0.25, -0.2) is 17.8 Å². The van der Waals surface area contributed by atoms with Gasteiger partial charge in [-0.1, -0.05) is 117 Å². The maximum atomic E-state index is 13.8. The van der Waals surface area contributed by atoms with Gasteiger partial charge < -0.3 is 32.6 Å². The molecule has 0 radical (unpaired) electrons. The molecule has 8 aromatic rings. The predicted molar refractivity (Wildman–Crippen MR) is 291 cm³/mol. The van der Waals surface area contributed by atoms with Crippen molar-refractivity contribution >= 4 is 159 Å². The van der Waals surface area contributed by atoms with Crippen LogP contribution in [0.4, 0.5) is 87.6 Å². The van der Waals surface area contributed by atoms with E-state index in [0.717, 1.165) is 31.0 Å². The second kappa shape index (κ2) is 23.7. The number of hydrogen-bond acceptors (Lipinski definition) is 14. The molecule has 8 rings (SSSR count). The number of halogens is 20. The minimum absolute atomic E-state index is 0.00297. The fraction of sp³-hybridized carbons (Fsp3) is 0.0909. The van der Waals surface area contributed by atoms with Crippen molar-refractivity contribution in [3.8, 4) is 34.9 Å². The van der Waals surface area contributed by atoms with E-state index in [2.05, 4.69) is 30.1 Å². The summed E-state index contributed by atoms with van der Waals surface area (Å²) in [5.41, 5.74) is 16.9. The zero-order valence-corrected chi connectivity index (χ0v) is 48.4. The lowest BCUT2D eigenvalue weighted by Crippen LogP contribution is -2.12. The van der Waals surface area contributed by atoms with Gasteiger partial charge in [0.2, 0.25) is 9.84 Å². The minimum atomic E-state index is -5.16. The summed E-state index contributed by atoms with van der Waals surface area (Å²) in [5, 5.41) is 30.2. The van der Waals surface area contributed by atoms with Crippen LogP contribution in [0.5, 0.6) is 0 Å². The van der Waals surface area contributed by atoms with E-state index in [1.54, 1.807) is 6.07 Å². The van der Waals surface area contributed by atoms with Gasteiger partial charge in [-0.05, 0) is 69.5 Å². The summed E-state index contributed by atoms with van der Waals surface area (Å²) in [6, 6.07) is 7.57. The molecule has 0 atom stereocenters. The maximum absolute atomic E-state index is 13.8. The molecule has 41 heteroatoms. The topological polar surface area (TPSA) is 266 Å². The van der Waals surface area contributed by atoms with Crippen LogP contribution in [0.2, 0.25) is 40.2 Å². The summed E-state index contributed by atoms with van der Waals surface area (Å²) in [6.45, 7) is 14.9. The molecule has 0 amide bonds. The molecular weight excluding hydrogens is 1390 g/mol. The van der Waals surface area contributed by atoms with Crippen molar-refractivity contribution in [1.29, 1.82) is 10.5 Å². The van der Waals surface area contributed by atoms with Crippen LogP contribution >= 0.6 is 114 Å². The molecule has 0 aliphatic heterocycles. The number of nitriles is 2. The number of benzene rings is 4. The second-order valence-electron chi connectivity index (χ2n) is 16.1. The van der Waals surface area contributed by atoms with Crippen LogP contribution in [-0.4, -0.2) is 47.5 Å². The smallest absolute Gasteiger partial charge is 0.383 e. The molecule has 4 aromatic carbocycles. The number of nitrogens with zero attached hydrogens (tertiary/aromatic N) is 12. The number of rotatable bonds is 9. The van der Waals surface area contributed by atoms with Crippen LogP contribution < -0.4 is 22.9 Å². The van der Waals surface area contributed by atoms with Crippen molar-refractivity contribution < 1.29 is 61.1 Å². The zero-order valence-electron chi connectivity index (χ0n) is 39.9. The van der Waals surface area contributed by atoms with Crippen molar-refractivity contribution in [2.24, 2.45) is 0 Å². The number of aromatic nitrogens is 8. The maximum Gasteiger partial charge on any atom is 0.416 e. The van der Waals surface area contributed by atoms with E-state index in [1.165, 1.54) is 6.07 Å². The monoisotopic (exact) mass is 1400 g/mol. The molecule has 8 N–H and O–H groups in total. The molecule has 442 valence electrons. The lowest BCUT2D eigenvalue weighted by atomic mass is 10.2. The Hall–Kier alpha value is -6.99. The highest BCUT2D eigenvalue weighted by atomic mass is 35.5. The van der Waals surface area contributed by atoms with Gasteiger partial charge in [0.15, 0.2) is 27.9 Å². The normalized spacial score (nSPS) is 12.1. The molecule has 0 bridgehead atoms. The van der Waals surface area contributed by atoms with Gasteiger partial charge in [-0.3, -0.25) is 0 Å². The van der Waals surface area contributed by atoms with Gasteiger partial charge in [-0.15, -0.1) is 9.36 Å². The van der Waals surface area contributed by atoms with Crippen molar-refractivity contribution in [2.75, 3.05) is 22.9 Å². The van der Waals surface area contributed by atoms with E-state index < -0.39 is 141 Å². The van der Waals surface area contributed by atoms with Gasteiger partial charge in [0, 0.05) is 0 Å². The third-order valence-electron chi connectivity index (χ3n) is 10.9. The summed E-state index contributed by atoms with van der Waals surface area (Å²) in [4.78, 5) is 4.13. The van der Waals surface area contributed by atoms with Crippen LogP contribution in [0.1, 0.15) is 33.6 Å². The number of nitrogen functional groups attached to an aromatic ring is 4. The van der Waals surface area contributed by atoms with Crippen molar-refractivity contribution in [3.63, 3.8) is 0 Å². The second-order valence-corrected chi connectivity index (χ2v) is 23.3. The molecule has 4 heterocycles. The first-order valence-corrected chi connectivity index (χ1v) is 27.9. The Balaban J connectivity index is 0.000000244. The Morgan fingerprint density at radius 2 is 0.694 bits per heavy atom. The first kappa shape index (κ1) is 65.6. The summed E-state index contributed by atoms with van der Waals surface area (Å²) >= 11 is 48.3. The number of nitrogens with two attached hydrogens (primary N) is 4. The summed E-state index contributed by atoms with van der Waals surface area (Å²) in [5.74, 6) is -3.47. The lowest BCUT2D eigenvalue weighted by molar-refractivity contribution is -0.138. The van der Waals surface area contributed by atoms with Crippen LogP contribution in [0, 0.1) is 35.8 Å². The van der Waals surface area contributed by atoms with Crippen LogP contribution in [0.15, 0.2) is 68.1 Å². The Morgan fingerprint density at radius 3 is 1.01 bits per heavy atom.